The summed E-state index contributed by atoms with van der Waals surface area (Å²) in [5, 5.41) is 0. The van der Waals surface area contributed by atoms with Crippen LogP contribution in [-0.4, -0.2) is 77.7 Å². The Balaban J connectivity index is 1.32. The number of para-hydroxylation sites is 2. The standard InChI is InChI=1S/C23H27N3O5/c1-14-21(16(3)27)15(2)24-22(14)17(28)12-25-8-10-26(11-9-25)23(29)20-13-30-18-6-4-5-7-19(18)31-20/h4-7,20,24H,8-13H2,1-3H3. The maximum atomic E-state index is 12.9. The van der Waals surface area contributed by atoms with Crippen molar-refractivity contribution in [2.45, 2.75) is 26.9 Å². The summed E-state index contributed by atoms with van der Waals surface area (Å²) in [7, 11) is 0. The van der Waals surface area contributed by atoms with Gasteiger partial charge in [-0.3, -0.25) is 19.3 Å². The first kappa shape index (κ1) is 21.1. The molecule has 0 aliphatic carbocycles. The highest BCUT2D eigenvalue weighted by molar-refractivity contribution is 6.04. The molecule has 4 rings (SSSR count). The van der Waals surface area contributed by atoms with Gasteiger partial charge in [0.05, 0.1) is 12.2 Å². The van der Waals surface area contributed by atoms with Crippen molar-refractivity contribution in [2.24, 2.45) is 0 Å². The number of piperazine rings is 1. The van der Waals surface area contributed by atoms with Gasteiger partial charge >= 0.3 is 0 Å². The highest BCUT2D eigenvalue weighted by Crippen LogP contribution is 2.31. The molecule has 3 heterocycles. The van der Waals surface area contributed by atoms with Gasteiger partial charge in [0.25, 0.3) is 5.91 Å². The Morgan fingerprint density at radius 2 is 1.74 bits per heavy atom. The average Bonchev–Trinajstić information content (AvgIpc) is 3.07. The van der Waals surface area contributed by atoms with E-state index in [1.54, 1.807) is 24.8 Å². The average molecular weight is 425 g/mol. The third kappa shape index (κ3) is 4.20. The van der Waals surface area contributed by atoms with Crippen molar-refractivity contribution >= 4 is 17.5 Å². The number of rotatable bonds is 5. The van der Waals surface area contributed by atoms with Gasteiger partial charge in [-0.2, -0.15) is 0 Å². The van der Waals surface area contributed by atoms with Crippen molar-refractivity contribution in [3.8, 4) is 11.5 Å². The van der Waals surface area contributed by atoms with E-state index in [1.807, 2.05) is 23.1 Å². The maximum Gasteiger partial charge on any atom is 0.267 e. The summed E-state index contributed by atoms with van der Waals surface area (Å²) in [6.07, 6.45) is -0.655. The molecule has 1 aromatic carbocycles. The van der Waals surface area contributed by atoms with Crippen LogP contribution in [-0.2, 0) is 4.79 Å². The molecule has 164 valence electrons. The Kier molecular flexibility index (Phi) is 5.82. The minimum Gasteiger partial charge on any atom is -0.485 e. The number of hydrogen-bond acceptors (Lipinski definition) is 6. The number of aromatic amines is 1. The lowest BCUT2D eigenvalue weighted by Gasteiger charge is -2.36. The number of carbonyl (C=O) groups excluding carboxylic acids is 3. The van der Waals surface area contributed by atoms with Crippen LogP contribution in [0.2, 0.25) is 0 Å². The van der Waals surface area contributed by atoms with Crippen molar-refractivity contribution in [1.82, 2.24) is 14.8 Å². The molecule has 0 spiro atoms. The van der Waals surface area contributed by atoms with Gasteiger partial charge in [-0.1, -0.05) is 12.1 Å². The van der Waals surface area contributed by atoms with Crippen LogP contribution < -0.4 is 9.47 Å². The molecule has 1 unspecified atom stereocenters. The van der Waals surface area contributed by atoms with Gasteiger partial charge in [-0.05, 0) is 38.5 Å². The second-order valence-electron chi connectivity index (χ2n) is 8.07. The third-order valence-corrected chi connectivity index (χ3v) is 5.90. The molecular weight excluding hydrogens is 398 g/mol. The lowest BCUT2D eigenvalue weighted by Crippen LogP contribution is -2.54. The van der Waals surface area contributed by atoms with Gasteiger partial charge in [0, 0.05) is 37.4 Å². The molecule has 1 fully saturated rings. The lowest BCUT2D eigenvalue weighted by molar-refractivity contribution is -0.142. The number of aryl methyl sites for hydroxylation is 1. The molecular formula is C23H27N3O5. The van der Waals surface area contributed by atoms with Crippen molar-refractivity contribution in [3.05, 3.63) is 46.8 Å². The molecule has 1 aromatic heterocycles. The zero-order chi connectivity index (χ0) is 22.1. The zero-order valence-electron chi connectivity index (χ0n) is 18.1. The second-order valence-corrected chi connectivity index (χ2v) is 8.07. The second kappa shape index (κ2) is 8.55. The van der Waals surface area contributed by atoms with Crippen LogP contribution in [0.4, 0.5) is 0 Å². The molecule has 1 amide bonds. The smallest absolute Gasteiger partial charge is 0.267 e. The first-order valence-corrected chi connectivity index (χ1v) is 10.5. The van der Waals surface area contributed by atoms with Gasteiger partial charge in [0.1, 0.15) is 6.61 Å². The zero-order valence-corrected chi connectivity index (χ0v) is 18.1. The topological polar surface area (TPSA) is 91.9 Å². The van der Waals surface area contributed by atoms with Gasteiger partial charge in [0.2, 0.25) is 6.10 Å². The lowest BCUT2D eigenvalue weighted by atomic mass is 10.1. The molecule has 1 N–H and O–H groups in total. The molecule has 2 aromatic rings. The summed E-state index contributed by atoms with van der Waals surface area (Å²) >= 11 is 0. The van der Waals surface area contributed by atoms with E-state index >= 15 is 0 Å². The summed E-state index contributed by atoms with van der Waals surface area (Å²) in [6.45, 7) is 7.79. The summed E-state index contributed by atoms with van der Waals surface area (Å²) in [5.41, 5.74) is 2.52. The van der Waals surface area contributed by atoms with Crippen molar-refractivity contribution in [2.75, 3.05) is 39.3 Å². The van der Waals surface area contributed by atoms with Crippen molar-refractivity contribution in [3.63, 3.8) is 0 Å². The van der Waals surface area contributed by atoms with Gasteiger partial charge in [-0.15, -0.1) is 0 Å². The van der Waals surface area contributed by atoms with Gasteiger partial charge in [-0.25, -0.2) is 0 Å². The third-order valence-electron chi connectivity index (χ3n) is 5.90. The Morgan fingerprint density at radius 3 is 2.39 bits per heavy atom. The van der Waals surface area contributed by atoms with Crippen LogP contribution in [0.3, 0.4) is 0 Å². The summed E-state index contributed by atoms with van der Waals surface area (Å²) in [5.74, 6) is 1.04. The number of nitrogens with zero attached hydrogens (tertiary/aromatic N) is 2. The number of fused-ring (bicyclic) bond motifs is 1. The number of amides is 1. The number of H-pyrrole nitrogens is 1. The number of aromatic nitrogens is 1. The highest BCUT2D eigenvalue weighted by atomic mass is 16.6. The van der Waals surface area contributed by atoms with Gasteiger partial charge in [0.15, 0.2) is 23.1 Å². The number of nitrogens with one attached hydrogen (secondary N) is 1. The molecule has 2 aliphatic heterocycles. The van der Waals surface area contributed by atoms with E-state index in [9.17, 15) is 14.4 Å². The number of ether oxygens (including phenoxy) is 2. The van der Waals surface area contributed by atoms with Crippen LogP contribution in [0.5, 0.6) is 11.5 Å². The van der Waals surface area contributed by atoms with Crippen molar-refractivity contribution < 1.29 is 23.9 Å². The summed E-state index contributed by atoms with van der Waals surface area (Å²) < 4.78 is 11.5. The fraction of sp³-hybridized carbons (Fsp3) is 0.435. The van der Waals surface area contributed by atoms with E-state index in [4.69, 9.17) is 9.47 Å². The van der Waals surface area contributed by atoms with Crippen LogP contribution in [0, 0.1) is 13.8 Å². The Labute approximate surface area is 181 Å². The van der Waals surface area contributed by atoms with E-state index in [-0.39, 0.29) is 30.6 Å². The van der Waals surface area contributed by atoms with Crippen LogP contribution in [0.15, 0.2) is 24.3 Å². The Morgan fingerprint density at radius 1 is 1.06 bits per heavy atom. The predicted molar refractivity (Wildman–Crippen MR) is 114 cm³/mol. The van der Waals surface area contributed by atoms with Crippen molar-refractivity contribution in [1.29, 1.82) is 0 Å². The van der Waals surface area contributed by atoms with Crippen LogP contribution in [0.25, 0.3) is 0 Å². The number of Topliss-reactive ketones (excluding diaryl/α,β-unsaturated/α-hetero) is 2. The number of ketones is 2. The van der Waals surface area contributed by atoms with E-state index in [0.717, 1.165) is 5.69 Å². The largest absolute Gasteiger partial charge is 0.485 e. The van der Waals surface area contributed by atoms with Crippen LogP contribution >= 0.6 is 0 Å². The maximum absolute atomic E-state index is 12.9. The molecule has 2 aliphatic rings. The fourth-order valence-corrected chi connectivity index (χ4v) is 4.31. The summed E-state index contributed by atoms with van der Waals surface area (Å²) in [4.78, 5) is 44.3. The first-order valence-electron chi connectivity index (χ1n) is 10.5. The minimum atomic E-state index is -0.655. The first-order chi connectivity index (χ1) is 14.8. The Bertz CT molecular complexity index is 1020. The van der Waals surface area contributed by atoms with Gasteiger partial charge < -0.3 is 19.4 Å². The van der Waals surface area contributed by atoms with Crippen LogP contribution in [0.1, 0.15) is 39.0 Å². The number of carbonyl (C=O) groups is 3. The highest BCUT2D eigenvalue weighted by Gasteiger charge is 2.33. The molecule has 1 saturated heterocycles. The normalized spacial score (nSPS) is 18.7. The fourth-order valence-electron chi connectivity index (χ4n) is 4.31. The van der Waals surface area contributed by atoms with E-state index in [0.29, 0.717) is 54.5 Å². The quantitative estimate of drug-likeness (QED) is 0.737. The molecule has 0 radical (unpaired) electrons. The molecule has 31 heavy (non-hydrogen) atoms. The molecule has 1 atom stereocenters. The Hall–Kier alpha value is -3.13. The molecule has 0 bridgehead atoms. The molecule has 8 heteroatoms. The molecule has 8 nitrogen and oxygen atoms in total. The van der Waals surface area contributed by atoms with E-state index in [1.165, 1.54) is 6.92 Å². The van der Waals surface area contributed by atoms with E-state index in [2.05, 4.69) is 4.98 Å². The predicted octanol–water partition coefficient (Wildman–Crippen LogP) is 2.00. The minimum absolute atomic E-state index is 0.0473. The van der Waals surface area contributed by atoms with E-state index < -0.39 is 6.10 Å². The monoisotopic (exact) mass is 425 g/mol. The molecule has 0 saturated carbocycles. The number of benzene rings is 1. The SMILES string of the molecule is CC(=O)c1c(C)[nH]c(C(=O)CN2CCN(C(=O)C3COc4ccccc4O3)CC2)c1C. The summed E-state index contributed by atoms with van der Waals surface area (Å²) in [6, 6.07) is 7.32. The number of hydrogen-bond donors (Lipinski definition) is 1.